The molecule has 1 amide bonds. The number of amides is 1. The summed E-state index contributed by atoms with van der Waals surface area (Å²) in [5, 5.41) is 0. The van der Waals surface area contributed by atoms with Gasteiger partial charge >= 0.3 is 0 Å². The number of carbonyl (C=O) groups excluding carboxylic acids is 2. The van der Waals surface area contributed by atoms with E-state index in [1.807, 2.05) is 11.8 Å². The lowest BCUT2D eigenvalue weighted by Crippen LogP contribution is -2.58. The molecule has 0 radical (unpaired) electrons. The van der Waals surface area contributed by atoms with Crippen LogP contribution in [-0.2, 0) is 11.3 Å². The molecule has 1 saturated heterocycles. The molecule has 0 bridgehead atoms. The van der Waals surface area contributed by atoms with E-state index in [1.165, 1.54) is 12.1 Å². The van der Waals surface area contributed by atoms with Crippen LogP contribution < -0.4 is 9.47 Å². The van der Waals surface area contributed by atoms with Crippen LogP contribution in [0.25, 0.3) is 0 Å². The minimum absolute atomic E-state index is 0.0405. The van der Waals surface area contributed by atoms with Crippen LogP contribution in [-0.4, -0.2) is 59.9 Å². The van der Waals surface area contributed by atoms with Gasteiger partial charge in [0.05, 0.1) is 5.56 Å². The van der Waals surface area contributed by atoms with Crippen molar-refractivity contribution in [2.75, 3.05) is 26.3 Å². The number of nitrogens with zero attached hydrogens (tertiary/aromatic N) is 2. The normalized spacial score (nSPS) is 21.3. The number of fused-ring (bicyclic) bond motifs is 1. The molecule has 7 heteroatoms. The van der Waals surface area contributed by atoms with E-state index in [4.69, 9.17) is 9.47 Å². The van der Waals surface area contributed by atoms with Gasteiger partial charge in [-0.2, -0.15) is 0 Å². The molecule has 0 saturated carbocycles. The Kier molecular flexibility index (Phi) is 5.72. The smallest absolute Gasteiger partial charge is 0.260 e. The first-order chi connectivity index (χ1) is 14.4. The van der Waals surface area contributed by atoms with Crippen LogP contribution in [0.3, 0.4) is 0 Å². The van der Waals surface area contributed by atoms with Crippen LogP contribution in [0.5, 0.6) is 11.5 Å². The van der Waals surface area contributed by atoms with E-state index in [-0.39, 0.29) is 42.8 Å². The first kappa shape index (κ1) is 20.3. The van der Waals surface area contributed by atoms with Crippen molar-refractivity contribution in [3.63, 3.8) is 0 Å². The average Bonchev–Trinajstić information content (AvgIpc) is 3.10. The Hall–Kier alpha value is -2.93. The third-order valence-electron chi connectivity index (χ3n) is 5.71. The van der Waals surface area contributed by atoms with Crippen molar-refractivity contribution in [1.29, 1.82) is 0 Å². The molecule has 0 aromatic heterocycles. The van der Waals surface area contributed by atoms with Crippen LogP contribution >= 0.6 is 0 Å². The van der Waals surface area contributed by atoms with Crippen LogP contribution in [0.15, 0.2) is 42.5 Å². The molecule has 158 valence electrons. The second-order valence-electron chi connectivity index (χ2n) is 7.96. The molecular weight excluding hydrogens is 387 g/mol. The van der Waals surface area contributed by atoms with Crippen molar-refractivity contribution >= 4 is 11.7 Å². The van der Waals surface area contributed by atoms with Crippen LogP contribution in [0.1, 0.15) is 29.8 Å². The lowest BCUT2D eigenvalue weighted by atomic mass is 10.1. The first-order valence-corrected chi connectivity index (χ1v) is 10.1. The van der Waals surface area contributed by atoms with Crippen molar-refractivity contribution in [3.8, 4) is 11.5 Å². The van der Waals surface area contributed by atoms with E-state index in [1.54, 1.807) is 30.3 Å². The summed E-state index contributed by atoms with van der Waals surface area (Å²) in [4.78, 5) is 28.5. The van der Waals surface area contributed by atoms with E-state index in [9.17, 15) is 14.0 Å². The maximum absolute atomic E-state index is 13.1. The van der Waals surface area contributed by atoms with E-state index >= 15 is 0 Å². The van der Waals surface area contributed by atoms with Gasteiger partial charge in [-0.25, -0.2) is 4.39 Å². The fourth-order valence-electron chi connectivity index (χ4n) is 3.98. The number of ketones is 1. The largest absolute Gasteiger partial charge is 0.485 e. The summed E-state index contributed by atoms with van der Waals surface area (Å²) < 4.78 is 24.1. The molecule has 0 aliphatic carbocycles. The molecule has 0 N–H and O–H groups in total. The van der Waals surface area contributed by atoms with Gasteiger partial charge in [-0.15, -0.1) is 0 Å². The van der Waals surface area contributed by atoms with Gasteiger partial charge in [-0.05, 0) is 43.7 Å². The van der Waals surface area contributed by atoms with Gasteiger partial charge in [0.1, 0.15) is 17.3 Å². The minimum atomic E-state index is -0.239. The average molecular weight is 412 g/mol. The van der Waals surface area contributed by atoms with Crippen molar-refractivity contribution < 1.29 is 23.5 Å². The van der Waals surface area contributed by atoms with Crippen molar-refractivity contribution in [3.05, 3.63) is 59.4 Å². The van der Waals surface area contributed by atoms with Gasteiger partial charge in [0, 0.05) is 37.8 Å². The Labute approximate surface area is 175 Å². The molecule has 4 rings (SSSR count). The molecule has 2 atom stereocenters. The lowest BCUT2D eigenvalue weighted by molar-refractivity contribution is -0.139. The summed E-state index contributed by atoms with van der Waals surface area (Å²) >= 11 is 0. The van der Waals surface area contributed by atoms with Gasteiger partial charge in [0.25, 0.3) is 5.91 Å². The highest BCUT2D eigenvalue weighted by molar-refractivity contribution is 6.02. The van der Waals surface area contributed by atoms with Crippen molar-refractivity contribution in [1.82, 2.24) is 9.80 Å². The molecule has 2 aliphatic heterocycles. The molecule has 2 aromatic rings. The fourth-order valence-corrected chi connectivity index (χ4v) is 3.98. The van der Waals surface area contributed by atoms with E-state index < -0.39 is 0 Å². The number of halogens is 1. The van der Waals surface area contributed by atoms with E-state index in [0.717, 1.165) is 18.7 Å². The molecule has 0 unspecified atom stereocenters. The highest BCUT2D eigenvalue weighted by Gasteiger charge is 2.32. The van der Waals surface area contributed by atoms with Gasteiger partial charge < -0.3 is 14.4 Å². The van der Waals surface area contributed by atoms with Crippen molar-refractivity contribution in [2.24, 2.45) is 0 Å². The summed E-state index contributed by atoms with van der Waals surface area (Å²) in [6, 6.07) is 11.8. The monoisotopic (exact) mass is 412 g/mol. The Morgan fingerprint density at radius 2 is 1.90 bits per heavy atom. The molecule has 2 aliphatic rings. The molecule has 2 heterocycles. The zero-order valence-corrected chi connectivity index (χ0v) is 17.1. The Balaban J connectivity index is 1.33. The third-order valence-corrected chi connectivity index (χ3v) is 5.71. The van der Waals surface area contributed by atoms with Gasteiger partial charge in [-0.1, -0.05) is 12.1 Å². The number of Topliss-reactive ketones (excluding diaryl/α,β-unsaturated/α-hetero) is 1. The minimum Gasteiger partial charge on any atom is -0.485 e. The summed E-state index contributed by atoms with van der Waals surface area (Å²) in [5.41, 5.74) is 1.60. The molecule has 1 fully saturated rings. The quantitative estimate of drug-likeness (QED) is 0.756. The van der Waals surface area contributed by atoms with Gasteiger partial charge in [0.15, 0.2) is 13.2 Å². The molecule has 0 spiro atoms. The number of rotatable bonds is 5. The highest BCUT2D eigenvalue weighted by atomic mass is 19.1. The number of ether oxygens (including phenoxy) is 2. The number of carbonyl (C=O) groups is 2. The zero-order valence-electron chi connectivity index (χ0n) is 17.1. The third kappa shape index (κ3) is 4.31. The summed E-state index contributed by atoms with van der Waals surface area (Å²) in [7, 11) is 0. The predicted octanol–water partition coefficient (Wildman–Crippen LogP) is 2.90. The van der Waals surface area contributed by atoms with Crippen LogP contribution in [0, 0.1) is 5.82 Å². The standard InChI is InChI=1S/C23H25FN2O4/c1-15-11-26(16(2)10-25(15)12-17-3-5-18(24)6-4-17)23(28)14-29-19-7-8-20-21(27)13-30-22(20)9-19/h3-9,15-16H,10-14H2,1-2H3/t15-,16+/m0/s1. The highest BCUT2D eigenvalue weighted by Crippen LogP contribution is 2.29. The van der Waals surface area contributed by atoms with E-state index in [0.29, 0.717) is 23.6 Å². The second kappa shape index (κ2) is 8.44. The van der Waals surface area contributed by atoms with Gasteiger partial charge in [0.2, 0.25) is 5.78 Å². The summed E-state index contributed by atoms with van der Waals surface area (Å²) in [5.74, 6) is 0.646. The van der Waals surface area contributed by atoms with Gasteiger partial charge in [-0.3, -0.25) is 14.5 Å². The van der Waals surface area contributed by atoms with Crippen LogP contribution in [0.2, 0.25) is 0 Å². The number of piperazine rings is 1. The van der Waals surface area contributed by atoms with Crippen molar-refractivity contribution in [2.45, 2.75) is 32.5 Å². The number of benzene rings is 2. The fraction of sp³-hybridized carbons (Fsp3) is 0.391. The molecule has 2 aromatic carbocycles. The van der Waals surface area contributed by atoms with E-state index in [2.05, 4.69) is 11.8 Å². The molecular formula is C23H25FN2O4. The maximum Gasteiger partial charge on any atom is 0.260 e. The Morgan fingerprint density at radius 3 is 2.67 bits per heavy atom. The maximum atomic E-state index is 13.1. The molecule has 30 heavy (non-hydrogen) atoms. The SMILES string of the molecule is C[C@@H]1CN(Cc2ccc(F)cc2)[C@@H](C)CN1C(=O)COc1ccc2c(c1)OCC2=O. The summed E-state index contributed by atoms with van der Waals surface area (Å²) in [6.45, 7) is 6.16. The first-order valence-electron chi connectivity index (χ1n) is 10.1. The molecule has 6 nitrogen and oxygen atoms in total. The lowest BCUT2D eigenvalue weighted by Gasteiger charge is -2.44. The topological polar surface area (TPSA) is 59.1 Å². The van der Waals surface area contributed by atoms with Crippen LogP contribution in [0.4, 0.5) is 4.39 Å². The predicted molar refractivity (Wildman–Crippen MR) is 109 cm³/mol. The Bertz CT molecular complexity index is 947. The second-order valence-corrected chi connectivity index (χ2v) is 7.96. The number of hydrogen-bond donors (Lipinski definition) is 0. The number of hydrogen-bond acceptors (Lipinski definition) is 5. The Morgan fingerprint density at radius 1 is 1.13 bits per heavy atom. The zero-order chi connectivity index (χ0) is 21.3. The summed E-state index contributed by atoms with van der Waals surface area (Å²) in [6.07, 6.45) is 0.